The molecule has 23 heavy (non-hydrogen) atoms. The number of amides is 1. The normalized spacial score (nSPS) is 19.2. The van der Waals surface area contributed by atoms with Crippen LogP contribution in [0.2, 0.25) is 5.02 Å². The van der Waals surface area contributed by atoms with Gasteiger partial charge in [0.1, 0.15) is 18.1 Å². The van der Waals surface area contributed by atoms with Gasteiger partial charge in [-0.25, -0.2) is 0 Å². The van der Waals surface area contributed by atoms with Crippen molar-refractivity contribution in [2.75, 3.05) is 5.32 Å². The third-order valence-electron chi connectivity index (χ3n) is 3.59. The van der Waals surface area contributed by atoms with E-state index in [2.05, 4.69) is 5.32 Å². The van der Waals surface area contributed by atoms with Crippen molar-refractivity contribution in [1.82, 2.24) is 0 Å². The number of hydrogen-bond donors (Lipinski definition) is 2. The molecule has 120 valence electrons. The molecule has 1 heterocycles. The van der Waals surface area contributed by atoms with Gasteiger partial charge in [-0.05, 0) is 36.8 Å². The summed E-state index contributed by atoms with van der Waals surface area (Å²) in [5.41, 5.74) is 0.501. The summed E-state index contributed by atoms with van der Waals surface area (Å²) < 4.78 is 10.7. The maximum absolute atomic E-state index is 11.9. The molecule has 0 aliphatic heterocycles. The molecule has 0 radical (unpaired) electrons. The molecule has 1 amide bonds. The van der Waals surface area contributed by atoms with E-state index >= 15 is 0 Å². The lowest BCUT2D eigenvalue weighted by Gasteiger charge is -2.09. The van der Waals surface area contributed by atoms with Gasteiger partial charge in [0.25, 0.3) is 0 Å². The summed E-state index contributed by atoms with van der Waals surface area (Å²) >= 11 is 6.13. The fourth-order valence-corrected chi connectivity index (χ4v) is 2.47. The van der Waals surface area contributed by atoms with Crippen LogP contribution in [0.5, 0.6) is 5.75 Å². The van der Waals surface area contributed by atoms with Gasteiger partial charge < -0.3 is 19.6 Å². The molecule has 1 fully saturated rings. The van der Waals surface area contributed by atoms with Gasteiger partial charge in [0.05, 0.1) is 23.1 Å². The minimum Gasteiger partial charge on any atom is -0.484 e. The maximum atomic E-state index is 11.9. The van der Waals surface area contributed by atoms with E-state index in [1.807, 2.05) is 0 Å². The first-order valence-corrected chi connectivity index (χ1v) is 7.41. The topological polar surface area (TPSA) is 88.8 Å². The zero-order valence-electron chi connectivity index (χ0n) is 12.0. The van der Waals surface area contributed by atoms with Crippen LogP contribution in [-0.4, -0.2) is 17.0 Å². The molecule has 6 nitrogen and oxygen atoms in total. The lowest BCUT2D eigenvalue weighted by atomic mass is 10.2. The second-order valence-corrected chi connectivity index (χ2v) is 5.70. The van der Waals surface area contributed by atoms with Crippen LogP contribution in [0.4, 0.5) is 5.69 Å². The number of hydrogen-bond acceptors (Lipinski definition) is 4. The Labute approximate surface area is 137 Å². The molecule has 1 aromatic heterocycles. The Morgan fingerprint density at radius 2 is 2.17 bits per heavy atom. The van der Waals surface area contributed by atoms with Crippen LogP contribution in [0.3, 0.4) is 0 Å². The summed E-state index contributed by atoms with van der Waals surface area (Å²) in [4.78, 5) is 22.7. The van der Waals surface area contributed by atoms with Gasteiger partial charge in [0.15, 0.2) is 0 Å². The molecule has 1 saturated carbocycles. The van der Waals surface area contributed by atoms with E-state index in [0.29, 0.717) is 28.6 Å². The zero-order valence-corrected chi connectivity index (χ0v) is 12.7. The Hall–Kier alpha value is -2.47. The van der Waals surface area contributed by atoms with Crippen LogP contribution >= 0.6 is 11.6 Å². The van der Waals surface area contributed by atoms with E-state index in [0.717, 1.165) is 0 Å². The van der Waals surface area contributed by atoms with Gasteiger partial charge >= 0.3 is 5.97 Å². The molecular formula is C16H14ClNO5. The minimum atomic E-state index is -0.940. The third kappa shape index (κ3) is 3.65. The van der Waals surface area contributed by atoms with E-state index in [1.54, 1.807) is 36.6 Å². The summed E-state index contributed by atoms with van der Waals surface area (Å²) in [5, 5.41) is 11.8. The van der Waals surface area contributed by atoms with Crippen molar-refractivity contribution in [3.05, 3.63) is 47.4 Å². The molecule has 2 atom stereocenters. The molecule has 1 aliphatic rings. The average molecular weight is 336 g/mol. The van der Waals surface area contributed by atoms with Crippen LogP contribution in [-0.2, 0) is 16.2 Å². The van der Waals surface area contributed by atoms with E-state index in [4.69, 9.17) is 25.9 Å². The highest BCUT2D eigenvalue weighted by Gasteiger charge is 2.48. The van der Waals surface area contributed by atoms with Crippen molar-refractivity contribution >= 4 is 29.2 Å². The molecule has 0 bridgehead atoms. The number of carbonyl (C=O) groups is 2. The lowest BCUT2D eigenvalue weighted by Crippen LogP contribution is -2.16. The quantitative estimate of drug-likeness (QED) is 0.846. The average Bonchev–Trinajstić information content (AvgIpc) is 3.16. The SMILES string of the molecule is O=C(O)[C@@H]1C[C@H]1C(=O)Nc1ccc(OCc2ccco2)c(Cl)c1. The maximum Gasteiger partial charge on any atom is 0.307 e. The second-order valence-electron chi connectivity index (χ2n) is 5.29. The van der Waals surface area contributed by atoms with Gasteiger partial charge in [0, 0.05) is 5.69 Å². The van der Waals surface area contributed by atoms with E-state index < -0.39 is 17.8 Å². The molecule has 0 unspecified atom stereocenters. The molecule has 1 aliphatic carbocycles. The van der Waals surface area contributed by atoms with Crippen LogP contribution in [0.25, 0.3) is 0 Å². The van der Waals surface area contributed by atoms with Gasteiger partial charge in [-0.15, -0.1) is 0 Å². The molecule has 3 rings (SSSR count). The molecule has 7 heteroatoms. The number of benzene rings is 1. The number of aliphatic carboxylic acids is 1. The van der Waals surface area contributed by atoms with Crippen LogP contribution < -0.4 is 10.1 Å². The first-order chi connectivity index (χ1) is 11.0. The molecule has 0 spiro atoms. The summed E-state index contributed by atoms with van der Waals surface area (Å²) in [6, 6.07) is 8.41. The molecule has 1 aromatic carbocycles. The Kier molecular flexibility index (Phi) is 4.25. The largest absolute Gasteiger partial charge is 0.484 e. The van der Waals surface area contributed by atoms with Crippen molar-refractivity contribution in [3.63, 3.8) is 0 Å². The first kappa shape index (κ1) is 15.4. The van der Waals surface area contributed by atoms with Gasteiger partial charge in [-0.1, -0.05) is 11.6 Å². The predicted octanol–water partition coefficient (Wildman–Crippen LogP) is 3.17. The van der Waals surface area contributed by atoms with Crippen molar-refractivity contribution < 1.29 is 23.8 Å². The summed E-state index contributed by atoms with van der Waals surface area (Å²) in [7, 11) is 0. The molecular weight excluding hydrogens is 322 g/mol. The third-order valence-corrected chi connectivity index (χ3v) is 3.89. The van der Waals surface area contributed by atoms with Gasteiger partial charge in [-0.3, -0.25) is 9.59 Å². The number of anilines is 1. The van der Waals surface area contributed by atoms with E-state index in [-0.39, 0.29) is 12.5 Å². The highest BCUT2D eigenvalue weighted by molar-refractivity contribution is 6.32. The van der Waals surface area contributed by atoms with Crippen molar-refractivity contribution in [1.29, 1.82) is 0 Å². The smallest absolute Gasteiger partial charge is 0.307 e. The first-order valence-electron chi connectivity index (χ1n) is 7.03. The summed E-state index contributed by atoms with van der Waals surface area (Å²) in [5.74, 6) is -1.16. The van der Waals surface area contributed by atoms with Crippen molar-refractivity contribution in [2.45, 2.75) is 13.0 Å². The lowest BCUT2D eigenvalue weighted by molar-refractivity contribution is -0.139. The van der Waals surface area contributed by atoms with Crippen LogP contribution in [0, 0.1) is 11.8 Å². The Morgan fingerprint density at radius 3 is 2.78 bits per heavy atom. The van der Waals surface area contributed by atoms with Crippen LogP contribution in [0.15, 0.2) is 41.0 Å². The Balaban J connectivity index is 1.58. The number of nitrogens with one attached hydrogen (secondary N) is 1. The van der Waals surface area contributed by atoms with Crippen molar-refractivity contribution in [3.8, 4) is 5.75 Å². The zero-order chi connectivity index (χ0) is 16.4. The Bertz CT molecular complexity index is 728. The number of halogens is 1. The monoisotopic (exact) mass is 335 g/mol. The standard InChI is InChI=1S/C16H14ClNO5/c17-13-6-9(18-15(19)11-7-12(11)16(20)21)3-4-14(13)23-8-10-2-1-5-22-10/h1-6,11-12H,7-8H2,(H,18,19)(H,20,21)/t11-,12-/m1/s1. The van der Waals surface area contributed by atoms with Crippen molar-refractivity contribution in [2.24, 2.45) is 11.8 Å². The number of ether oxygens (including phenoxy) is 1. The van der Waals surface area contributed by atoms with Gasteiger partial charge in [-0.2, -0.15) is 0 Å². The predicted molar refractivity (Wildman–Crippen MR) is 82.4 cm³/mol. The van der Waals surface area contributed by atoms with Gasteiger partial charge in [0.2, 0.25) is 5.91 Å². The summed E-state index contributed by atoms with van der Waals surface area (Å²) in [6.07, 6.45) is 1.93. The second kappa shape index (κ2) is 6.34. The van der Waals surface area contributed by atoms with E-state index in [1.165, 1.54) is 0 Å². The number of carbonyl (C=O) groups excluding carboxylic acids is 1. The number of carboxylic acid groups (broad SMARTS) is 1. The number of rotatable bonds is 6. The van der Waals surface area contributed by atoms with E-state index in [9.17, 15) is 9.59 Å². The fraction of sp³-hybridized carbons (Fsp3) is 0.250. The fourth-order valence-electron chi connectivity index (χ4n) is 2.23. The Morgan fingerprint density at radius 1 is 1.35 bits per heavy atom. The number of furan rings is 1. The highest BCUT2D eigenvalue weighted by atomic mass is 35.5. The minimum absolute atomic E-state index is 0.251. The van der Waals surface area contributed by atoms with Crippen LogP contribution in [0.1, 0.15) is 12.2 Å². The molecule has 0 saturated heterocycles. The highest BCUT2D eigenvalue weighted by Crippen LogP contribution is 2.39. The summed E-state index contributed by atoms with van der Waals surface area (Å²) in [6.45, 7) is 0.251. The molecule has 2 aromatic rings. The number of carboxylic acids is 1. The molecule has 2 N–H and O–H groups in total.